The van der Waals surface area contributed by atoms with Gasteiger partial charge in [-0.3, -0.25) is 9.59 Å². The molecular formula is C18H20N2O5. The number of hydrogen-bond donors (Lipinski definition) is 1. The molecule has 1 aliphatic heterocycles. The minimum absolute atomic E-state index is 0.00109. The molecule has 0 saturated carbocycles. The van der Waals surface area contributed by atoms with E-state index in [1.165, 1.54) is 7.11 Å². The molecule has 0 aliphatic carbocycles. The number of nitrogens with zero attached hydrogens (tertiary/aromatic N) is 1. The maximum absolute atomic E-state index is 11.6. The Balaban J connectivity index is 1.84. The van der Waals surface area contributed by atoms with Crippen LogP contribution in [-0.4, -0.2) is 50.7 Å². The molecule has 0 radical (unpaired) electrons. The van der Waals surface area contributed by atoms with Crippen LogP contribution in [0.4, 0.5) is 0 Å². The van der Waals surface area contributed by atoms with Gasteiger partial charge >= 0.3 is 0 Å². The predicted octanol–water partition coefficient (Wildman–Crippen LogP) is 1.59. The Bertz CT molecular complexity index is 792. The standard InChI is InChI=1S/C18H20N2O5/c1-23-9-13-6-17(22)20-15(13)10-25-18-14-7-16(24-2)12(8-21)5-11(14)3-4-19-18/h3-5,7-8,13,15H,6,9-10H2,1-2H3,(H,20,22). The molecule has 2 aromatic rings. The van der Waals surface area contributed by atoms with Crippen molar-refractivity contribution in [1.82, 2.24) is 10.3 Å². The molecule has 1 fully saturated rings. The first-order valence-corrected chi connectivity index (χ1v) is 7.99. The van der Waals surface area contributed by atoms with Gasteiger partial charge in [0.05, 0.1) is 25.3 Å². The summed E-state index contributed by atoms with van der Waals surface area (Å²) in [6.45, 7) is 0.788. The largest absolute Gasteiger partial charge is 0.496 e. The summed E-state index contributed by atoms with van der Waals surface area (Å²) in [5, 5.41) is 4.48. The highest BCUT2D eigenvalue weighted by Crippen LogP contribution is 2.30. The number of ether oxygens (including phenoxy) is 3. The van der Waals surface area contributed by atoms with E-state index >= 15 is 0 Å². The summed E-state index contributed by atoms with van der Waals surface area (Å²) in [6, 6.07) is 5.16. The van der Waals surface area contributed by atoms with Crippen LogP contribution in [0.1, 0.15) is 16.8 Å². The normalized spacial score (nSPS) is 19.7. The van der Waals surface area contributed by atoms with E-state index in [0.29, 0.717) is 36.8 Å². The second kappa shape index (κ2) is 7.48. The average molecular weight is 344 g/mol. The maximum atomic E-state index is 11.6. The number of fused-ring (bicyclic) bond motifs is 1. The fourth-order valence-corrected chi connectivity index (χ4v) is 3.08. The molecule has 2 heterocycles. The Morgan fingerprint density at radius 2 is 2.16 bits per heavy atom. The third-order valence-corrected chi connectivity index (χ3v) is 4.35. The van der Waals surface area contributed by atoms with Crippen molar-refractivity contribution in [3.05, 3.63) is 30.0 Å². The number of methoxy groups -OCH3 is 2. The fraction of sp³-hybridized carbons (Fsp3) is 0.389. The average Bonchev–Trinajstić information content (AvgIpc) is 2.98. The summed E-state index contributed by atoms with van der Waals surface area (Å²) in [7, 11) is 3.12. The van der Waals surface area contributed by atoms with Gasteiger partial charge in [0.15, 0.2) is 6.29 Å². The number of hydrogen-bond acceptors (Lipinski definition) is 6. The molecular weight excluding hydrogens is 324 g/mol. The van der Waals surface area contributed by atoms with Gasteiger partial charge in [0.25, 0.3) is 0 Å². The summed E-state index contributed by atoms with van der Waals surface area (Å²) in [5.41, 5.74) is 0.468. The highest BCUT2D eigenvalue weighted by Gasteiger charge is 2.32. The number of pyridine rings is 1. The molecule has 1 saturated heterocycles. The van der Waals surface area contributed by atoms with Crippen LogP contribution in [0, 0.1) is 5.92 Å². The van der Waals surface area contributed by atoms with Gasteiger partial charge in [-0.2, -0.15) is 0 Å². The van der Waals surface area contributed by atoms with Crippen LogP contribution in [-0.2, 0) is 9.53 Å². The number of carbonyl (C=O) groups excluding carboxylic acids is 2. The molecule has 132 valence electrons. The van der Waals surface area contributed by atoms with Crippen LogP contribution in [0.15, 0.2) is 24.4 Å². The lowest BCUT2D eigenvalue weighted by Gasteiger charge is -2.19. The molecule has 7 heteroatoms. The van der Waals surface area contributed by atoms with Gasteiger partial charge in [0.1, 0.15) is 12.4 Å². The third-order valence-electron chi connectivity index (χ3n) is 4.35. The highest BCUT2D eigenvalue weighted by atomic mass is 16.5. The molecule has 2 atom stereocenters. The topological polar surface area (TPSA) is 86.8 Å². The summed E-state index contributed by atoms with van der Waals surface area (Å²) >= 11 is 0. The molecule has 1 aromatic heterocycles. The van der Waals surface area contributed by atoms with E-state index in [1.54, 1.807) is 31.5 Å². The number of aromatic nitrogens is 1. The summed E-state index contributed by atoms with van der Waals surface area (Å²) in [6.07, 6.45) is 2.81. The molecule has 1 aromatic carbocycles. The van der Waals surface area contributed by atoms with Crippen LogP contribution in [0.25, 0.3) is 10.8 Å². The molecule has 0 spiro atoms. The summed E-state index contributed by atoms with van der Waals surface area (Å²) < 4.78 is 16.3. The zero-order valence-electron chi connectivity index (χ0n) is 14.2. The van der Waals surface area contributed by atoms with Gasteiger partial charge in [0.2, 0.25) is 11.8 Å². The predicted molar refractivity (Wildman–Crippen MR) is 91.1 cm³/mol. The van der Waals surface area contributed by atoms with Crippen molar-refractivity contribution < 1.29 is 23.8 Å². The Morgan fingerprint density at radius 1 is 1.32 bits per heavy atom. The van der Waals surface area contributed by atoms with E-state index in [9.17, 15) is 9.59 Å². The molecule has 1 N–H and O–H groups in total. The van der Waals surface area contributed by atoms with Crippen molar-refractivity contribution in [3.63, 3.8) is 0 Å². The lowest BCUT2D eigenvalue weighted by atomic mass is 10.0. The monoisotopic (exact) mass is 344 g/mol. The van der Waals surface area contributed by atoms with E-state index in [0.717, 1.165) is 17.1 Å². The summed E-state index contributed by atoms with van der Waals surface area (Å²) in [4.78, 5) is 27.1. The number of benzene rings is 1. The van der Waals surface area contributed by atoms with Crippen LogP contribution >= 0.6 is 0 Å². The van der Waals surface area contributed by atoms with Gasteiger partial charge < -0.3 is 19.5 Å². The van der Waals surface area contributed by atoms with Crippen molar-refractivity contribution in [2.75, 3.05) is 27.4 Å². The molecule has 0 bridgehead atoms. The van der Waals surface area contributed by atoms with Gasteiger partial charge in [-0.15, -0.1) is 0 Å². The fourth-order valence-electron chi connectivity index (χ4n) is 3.08. The molecule has 7 nitrogen and oxygen atoms in total. The number of rotatable bonds is 7. The molecule has 3 rings (SSSR count). The molecule has 1 amide bonds. The van der Waals surface area contributed by atoms with E-state index in [2.05, 4.69) is 10.3 Å². The minimum atomic E-state index is -0.124. The van der Waals surface area contributed by atoms with Crippen molar-refractivity contribution >= 4 is 23.0 Å². The van der Waals surface area contributed by atoms with Crippen molar-refractivity contribution in [2.24, 2.45) is 5.92 Å². The summed E-state index contributed by atoms with van der Waals surface area (Å²) in [5.74, 6) is 0.972. The zero-order chi connectivity index (χ0) is 17.8. The second-order valence-electron chi connectivity index (χ2n) is 5.95. The Morgan fingerprint density at radius 3 is 2.88 bits per heavy atom. The molecule has 1 aliphatic rings. The number of nitrogens with one attached hydrogen (secondary N) is 1. The van der Waals surface area contributed by atoms with Gasteiger partial charge in [-0.1, -0.05) is 0 Å². The molecule has 2 unspecified atom stereocenters. The van der Waals surface area contributed by atoms with E-state index in [4.69, 9.17) is 14.2 Å². The van der Waals surface area contributed by atoms with Crippen molar-refractivity contribution in [3.8, 4) is 11.6 Å². The van der Waals surface area contributed by atoms with E-state index < -0.39 is 0 Å². The highest BCUT2D eigenvalue weighted by molar-refractivity contribution is 5.94. The van der Waals surface area contributed by atoms with Crippen LogP contribution < -0.4 is 14.8 Å². The Hall–Kier alpha value is -2.67. The smallest absolute Gasteiger partial charge is 0.221 e. The molecule has 25 heavy (non-hydrogen) atoms. The van der Waals surface area contributed by atoms with E-state index in [-0.39, 0.29) is 17.9 Å². The van der Waals surface area contributed by atoms with Crippen LogP contribution in [0.5, 0.6) is 11.6 Å². The number of carbonyl (C=O) groups is 2. The van der Waals surface area contributed by atoms with Gasteiger partial charge in [-0.25, -0.2) is 4.98 Å². The van der Waals surface area contributed by atoms with Gasteiger partial charge in [0, 0.05) is 31.0 Å². The Labute approximate surface area is 145 Å². The quantitative estimate of drug-likeness (QED) is 0.768. The first-order valence-electron chi connectivity index (χ1n) is 7.99. The Kier molecular flexibility index (Phi) is 5.14. The van der Waals surface area contributed by atoms with Gasteiger partial charge in [-0.05, 0) is 23.6 Å². The maximum Gasteiger partial charge on any atom is 0.221 e. The second-order valence-corrected chi connectivity index (χ2v) is 5.95. The lowest BCUT2D eigenvalue weighted by molar-refractivity contribution is -0.119. The first kappa shape index (κ1) is 17.2. The van der Waals surface area contributed by atoms with Crippen molar-refractivity contribution in [1.29, 1.82) is 0 Å². The van der Waals surface area contributed by atoms with Crippen LogP contribution in [0.3, 0.4) is 0 Å². The number of aldehydes is 1. The number of amides is 1. The lowest BCUT2D eigenvalue weighted by Crippen LogP contribution is -2.36. The van der Waals surface area contributed by atoms with Crippen molar-refractivity contribution in [2.45, 2.75) is 12.5 Å². The third kappa shape index (κ3) is 3.56. The zero-order valence-corrected chi connectivity index (χ0v) is 14.2. The van der Waals surface area contributed by atoms with Crippen LogP contribution in [0.2, 0.25) is 0 Å². The van der Waals surface area contributed by atoms with E-state index in [1.807, 2.05) is 0 Å². The minimum Gasteiger partial charge on any atom is -0.496 e. The first-order chi connectivity index (χ1) is 12.2. The SMILES string of the molecule is COCC1CC(=O)NC1COc1nccc2cc(C=O)c(OC)cc12.